The van der Waals surface area contributed by atoms with Gasteiger partial charge in [0.25, 0.3) is 0 Å². The van der Waals surface area contributed by atoms with Crippen molar-refractivity contribution < 1.29 is 0 Å². The average molecular weight is 253 g/mol. The SMILES string of the molecule is Nc1ccc(Cl)cc1NCCc1cccs1. The van der Waals surface area contributed by atoms with Crippen LogP contribution in [0.2, 0.25) is 5.02 Å². The highest BCUT2D eigenvalue weighted by Gasteiger charge is 2.00. The molecule has 1 heterocycles. The fraction of sp³-hybridized carbons (Fsp3) is 0.167. The van der Waals surface area contributed by atoms with Crippen molar-refractivity contribution in [1.82, 2.24) is 0 Å². The van der Waals surface area contributed by atoms with E-state index in [1.165, 1.54) is 4.88 Å². The molecule has 0 amide bonds. The van der Waals surface area contributed by atoms with Gasteiger partial charge in [0.1, 0.15) is 0 Å². The zero-order valence-electron chi connectivity index (χ0n) is 8.74. The van der Waals surface area contributed by atoms with Crippen LogP contribution in [0.25, 0.3) is 0 Å². The van der Waals surface area contributed by atoms with Crippen LogP contribution in [0, 0.1) is 0 Å². The van der Waals surface area contributed by atoms with Gasteiger partial charge in [0.2, 0.25) is 0 Å². The zero-order chi connectivity index (χ0) is 11.4. The van der Waals surface area contributed by atoms with E-state index in [9.17, 15) is 0 Å². The Morgan fingerprint density at radius 2 is 2.19 bits per heavy atom. The van der Waals surface area contributed by atoms with Crippen LogP contribution in [-0.4, -0.2) is 6.54 Å². The first-order valence-electron chi connectivity index (χ1n) is 5.07. The molecule has 0 bridgehead atoms. The van der Waals surface area contributed by atoms with Gasteiger partial charge in [0.05, 0.1) is 11.4 Å². The van der Waals surface area contributed by atoms with E-state index in [0.717, 1.165) is 24.3 Å². The maximum absolute atomic E-state index is 5.90. The lowest BCUT2D eigenvalue weighted by atomic mass is 10.2. The standard InChI is InChI=1S/C12H13ClN2S/c13-9-3-4-11(14)12(8-9)15-6-5-10-2-1-7-16-10/h1-4,7-8,15H,5-6,14H2. The van der Waals surface area contributed by atoms with E-state index >= 15 is 0 Å². The van der Waals surface area contributed by atoms with Crippen LogP contribution in [-0.2, 0) is 6.42 Å². The monoisotopic (exact) mass is 252 g/mol. The number of thiophene rings is 1. The number of hydrogen-bond donors (Lipinski definition) is 2. The van der Waals surface area contributed by atoms with Gasteiger partial charge in [-0.15, -0.1) is 11.3 Å². The molecule has 4 heteroatoms. The Hall–Kier alpha value is -1.19. The van der Waals surface area contributed by atoms with Gasteiger partial charge in [-0.2, -0.15) is 0 Å². The number of rotatable bonds is 4. The van der Waals surface area contributed by atoms with Crippen molar-refractivity contribution >= 4 is 34.3 Å². The maximum Gasteiger partial charge on any atom is 0.0588 e. The van der Waals surface area contributed by atoms with Crippen LogP contribution in [0.4, 0.5) is 11.4 Å². The van der Waals surface area contributed by atoms with Crippen LogP contribution >= 0.6 is 22.9 Å². The summed E-state index contributed by atoms with van der Waals surface area (Å²) in [6.45, 7) is 0.866. The highest BCUT2D eigenvalue weighted by molar-refractivity contribution is 7.09. The molecule has 0 aliphatic carbocycles. The second-order valence-corrected chi connectivity index (χ2v) is 4.96. The molecule has 2 rings (SSSR count). The third-order valence-corrected chi connectivity index (χ3v) is 3.45. The first kappa shape index (κ1) is 11.3. The van der Waals surface area contributed by atoms with E-state index in [1.54, 1.807) is 17.4 Å². The number of halogens is 1. The third-order valence-electron chi connectivity index (χ3n) is 2.28. The van der Waals surface area contributed by atoms with Crippen LogP contribution in [0.1, 0.15) is 4.88 Å². The largest absolute Gasteiger partial charge is 0.397 e. The molecular formula is C12H13ClN2S. The molecule has 2 nitrogen and oxygen atoms in total. The Morgan fingerprint density at radius 1 is 1.31 bits per heavy atom. The minimum absolute atomic E-state index is 0.702. The molecule has 0 aliphatic rings. The smallest absolute Gasteiger partial charge is 0.0588 e. The summed E-state index contributed by atoms with van der Waals surface area (Å²) in [6, 6.07) is 9.66. The van der Waals surface area contributed by atoms with Gasteiger partial charge in [0.15, 0.2) is 0 Å². The molecule has 0 fully saturated rings. The molecule has 0 saturated heterocycles. The van der Waals surface area contributed by atoms with Gasteiger partial charge in [-0.3, -0.25) is 0 Å². The van der Waals surface area contributed by atoms with Crippen molar-refractivity contribution in [2.45, 2.75) is 6.42 Å². The van der Waals surface area contributed by atoms with Gasteiger partial charge in [-0.05, 0) is 36.1 Å². The second kappa shape index (κ2) is 5.23. The molecule has 1 aromatic carbocycles. The van der Waals surface area contributed by atoms with Gasteiger partial charge < -0.3 is 11.1 Å². The van der Waals surface area contributed by atoms with Crippen molar-refractivity contribution in [2.75, 3.05) is 17.6 Å². The van der Waals surface area contributed by atoms with Crippen LogP contribution in [0.5, 0.6) is 0 Å². The molecule has 0 radical (unpaired) electrons. The number of nitrogen functional groups attached to an aromatic ring is 1. The summed E-state index contributed by atoms with van der Waals surface area (Å²) >= 11 is 7.67. The van der Waals surface area contributed by atoms with Gasteiger partial charge in [-0.25, -0.2) is 0 Å². The van der Waals surface area contributed by atoms with E-state index in [0.29, 0.717) is 5.02 Å². The summed E-state index contributed by atoms with van der Waals surface area (Å²) < 4.78 is 0. The molecule has 0 saturated carbocycles. The molecule has 0 spiro atoms. The normalized spacial score (nSPS) is 10.3. The van der Waals surface area contributed by atoms with E-state index < -0.39 is 0 Å². The second-order valence-electron chi connectivity index (χ2n) is 3.49. The Morgan fingerprint density at radius 3 is 2.94 bits per heavy atom. The maximum atomic E-state index is 5.90. The lowest BCUT2D eigenvalue weighted by Gasteiger charge is -2.08. The predicted molar refractivity (Wildman–Crippen MR) is 72.4 cm³/mol. The van der Waals surface area contributed by atoms with Gasteiger partial charge >= 0.3 is 0 Å². The van der Waals surface area contributed by atoms with Crippen molar-refractivity contribution in [1.29, 1.82) is 0 Å². The molecule has 1 aromatic heterocycles. The molecule has 0 atom stereocenters. The molecule has 2 aromatic rings. The molecular weight excluding hydrogens is 240 g/mol. The van der Waals surface area contributed by atoms with E-state index in [2.05, 4.69) is 22.8 Å². The number of nitrogens with one attached hydrogen (secondary N) is 1. The van der Waals surface area contributed by atoms with E-state index in [4.69, 9.17) is 17.3 Å². The Kier molecular flexibility index (Phi) is 3.70. The highest BCUT2D eigenvalue weighted by atomic mass is 35.5. The summed E-state index contributed by atoms with van der Waals surface area (Å²) in [5, 5.41) is 6.08. The molecule has 16 heavy (non-hydrogen) atoms. The highest BCUT2D eigenvalue weighted by Crippen LogP contribution is 2.22. The zero-order valence-corrected chi connectivity index (χ0v) is 10.3. The topological polar surface area (TPSA) is 38.0 Å². The van der Waals surface area contributed by atoms with Crippen molar-refractivity contribution in [3.8, 4) is 0 Å². The minimum Gasteiger partial charge on any atom is -0.397 e. The number of hydrogen-bond acceptors (Lipinski definition) is 3. The van der Waals surface area contributed by atoms with Crippen LogP contribution in [0.15, 0.2) is 35.7 Å². The third kappa shape index (κ3) is 2.90. The first-order chi connectivity index (χ1) is 7.75. The van der Waals surface area contributed by atoms with Crippen molar-refractivity contribution in [3.63, 3.8) is 0 Å². The molecule has 84 valence electrons. The quantitative estimate of drug-likeness (QED) is 0.816. The Bertz CT molecular complexity index is 454. The summed E-state index contributed by atoms with van der Waals surface area (Å²) in [7, 11) is 0. The molecule has 0 aliphatic heterocycles. The van der Waals surface area contributed by atoms with Crippen LogP contribution in [0.3, 0.4) is 0 Å². The summed E-state index contributed by atoms with van der Waals surface area (Å²) in [5.41, 5.74) is 7.47. The number of anilines is 2. The lowest BCUT2D eigenvalue weighted by molar-refractivity contribution is 1.05. The Labute approximate surface area is 104 Å². The summed E-state index contributed by atoms with van der Waals surface area (Å²) in [6.07, 6.45) is 1.00. The van der Waals surface area contributed by atoms with E-state index in [1.807, 2.05) is 12.1 Å². The fourth-order valence-corrected chi connectivity index (χ4v) is 2.34. The predicted octanol–water partition coefficient (Wildman–Crippen LogP) is 3.64. The average Bonchev–Trinajstić information content (AvgIpc) is 2.76. The summed E-state index contributed by atoms with van der Waals surface area (Å²) in [4.78, 5) is 1.37. The Balaban J connectivity index is 1.92. The molecule has 0 unspecified atom stereocenters. The van der Waals surface area contributed by atoms with E-state index in [-0.39, 0.29) is 0 Å². The fourth-order valence-electron chi connectivity index (χ4n) is 1.46. The summed E-state index contributed by atoms with van der Waals surface area (Å²) in [5.74, 6) is 0. The van der Waals surface area contributed by atoms with Crippen molar-refractivity contribution in [2.24, 2.45) is 0 Å². The van der Waals surface area contributed by atoms with Gasteiger partial charge in [-0.1, -0.05) is 17.7 Å². The number of nitrogens with two attached hydrogens (primary N) is 1. The molecule has 3 N–H and O–H groups in total. The lowest BCUT2D eigenvalue weighted by Crippen LogP contribution is -2.06. The first-order valence-corrected chi connectivity index (χ1v) is 6.33. The minimum atomic E-state index is 0.702. The van der Waals surface area contributed by atoms with Crippen LogP contribution < -0.4 is 11.1 Å². The van der Waals surface area contributed by atoms with Crippen molar-refractivity contribution in [3.05, 3.63) is 45.6 Å². The van der Waals surface area contributed by atoms with Gasteiger partial charge in [0, 0.05) is 16.4 Å². The number of benzene rings is 1.